The van der Waals surface area contributed by atoms with Crippen LogP contribution in [-0.2, 0) is 0 Å². The van der Waals surface area contributed by atoms with Gasteiger partial charge in [-0.15, -0.1) is 0 Å². The number of H-pyrrole nitrogens is 1. The van der Waals surface area contributed by atoms with E-state index in [1.54, 1.807) is 6.20 Å². The lowest BCUT2D eigenvalue weighted by molar-refractivity contribution is 1.09. The molecule has 0 saturated heterocycles. The molecule has 0 unspecified atom stereocenters. The third-order valence-corrected chi connectivity index (χ3v) is 3.99. The number of anilines is 4. The molecular formula is C17H13BrN6. The number of halogens is 1. The van der Waals surface area contributed by atoms with Gasteiger partial charge in [0.05, 0.1) is 11.7 Å². The van der Waals surface area contributed by atoms with Crippen LogP contribution in [0, 0.1) is 0 Å². The molecule has 0 spiro atoms. The summed E-state index contributed by atoms with van der Waals surface area (Å²) in [6, 6.07) is 17.6. The summed E-state index contributed by atoms with van der Waals surface area (Å²) in [6.07, 6.45) is 1.69. The lowest BCUT2D eigenvalue weighted by Crippen LogP contribution is -2.02. The van der Waals surface area contributed by atoms with Crippen LogP contribution in [0.5, 0.6) is 0 Å². The summed E-state index contributed by atoms with van der Waals surface area (Å²) < 4.78 is 1.02. The van der Waals surface area contributed by atoms with E-state index in [2.05, 4.69) is 46.7 Å². The predicted molar refractivity (Wildman–Crippen MR) is 98.8 cm³/mol. The molecule has 2 aromatic carbocycles. The molecule has 0 radical (unpaired) electrons. The van der Waals surface area contributed by atoms with Crippen molar-refractivity contribution in [3.05, 3.63) is 65.3 Å². The lowest BCUT2D eigenvalue weighted by atomic mass is 10.2. The van der Waals surface area contributed by atoms with Crippen molar-refractivity contribution >= 4 is 50.1 Å². The summed E-state index contributed by atoms with van der Waals surface area (Å²) in [5, 5.41) is 14.2. The van der Waals surface area contributed by atoms with Gasteiger partial charge in [0, 0.05) is 21.6 Å². The largest absolute Gasteiger partial charge is 0.325 e. The second kappa shape index (κ2) is 6.29. The van der Waals surface area contributed by atoms with Gasteiger partial charge in [-0.1, -0.05) is 28.1 Å². The Bertz CT molecular complexity index is 966. The molecule has 0 aliphatic rings. The van der Waals surface area contributed by atoms with E-state index in [0.717, 1.165) is 26.9 Å². The van der Waals surface area contributed by atoms with Crippen molar-refractivity contribution in [2.45, 2.75) is 0 Å². The van der Waals surface area contributed by atoms with Crippen LogP contribution in [0.2, 0.25) is 0 Å². The smallest absolute Gasteiger partial charge is 0.229 e. The number of benzene rings is 2. The van der Waals surface area contributed by atoms with Gasteiger partial charge >= 0.3 is 0 Å². The van der Waals surface area contributed by atoms with Crippen molar-refractivity contribution in [1.29, 1.82) is 0 Å². The number of aromatic amines is 1. The summed E-state index contributed by atoms with van der Waals surface area (Å²) >= 11 is 3.43. The highest BCUT2D eigenvalue weighted by molar-refractivity contribution is 9.10. The third-order valence-electron chi connectivity index (χ3n) is 3.46. The van der Waals surface area contributed by atoms with Gasteiger partial charge < -0.3 is 10.6 Å². The molecule has 0 amide bonds. The van der Waals surface area contributed by atoms with E-state index in [-0.39, 0.29) is 0 Å². The summed E-state index contributed by atoms with van der Waals surface area (Å²) in [6.45, 7) is 0. The summed E-state index contributed by atoms with van der Waals surface area (Å²) in [7, 11) is 0. The van der Waals surface area contributed by atoms with Gasteiger partial charge in [0.1, 0.15) is 11.6 Å². The zero-order valence-electron chi connectivity index (χ0n) is 12.5. The SMILES string of the molecule is Brc1ccc(Nc2nc(Nc3ccn[nH]3)c3ccccc3n2)cc1. The molecule has 4 rings (SSSR count). The molecular weight excluding hydrogens is 368 g/mol. The number of fused-ring (bicyclic) bond motifs is 1. The summed E-state index contributed by atoms with van der Waals surface area (Å²) in [5.41, 5.74) is 1.77. The van der Waals surface area contributed by atoms with Gasteiger partial charge in [-0.2, -0.15) is 10.1 Å². The highest BCUT2D eigenvalue weighted by Crippen LogP contribution is 2.26. The molecule has 24 heavy (non-hydrogen) atoms. The fourth-order valence-corrected chi connectivity index (χ4v) is 2.61. The maximum atomic E-state index is 4.60. The minimum Gasteiger partial charge on any atom is -0.325 e. The van der Waals surface area contributed by atoms with Crippen LogP contribution in [0.15, 0.2) is 65.3 Å². The molecule has 2 aromatic heterocycles. The Kier molecular flexibility index (Phi) is 3.84. The van der Waals surface area contributed by atoms with E-state index in [1.807, 2.05) is 54.6 Å². The third kappa shape index (κ3) is 3.07. The Morgan fingerprint density at radius 2 is 1.71 bits per heavy atom. The highest BCUT2D eigenvalue weighted by Gasteiger charge is 2.08. The number of nitrogens with one attached hydrogen (secondary N) is 3. The molecule has 0 aliphatic heterocycles. The van der Waals surface area contributed by atoms with E-state index >= 15 is 0 Å². The minimum absolute atomic E-state index is 0.526. The van der Waals surface area contributed by atoms with Crippen molar-refractivity contribution in [3.63, 3.8) is 0 Å². The van der Waals surface area contributed by atoms with Crippen LogP contribution in [0.25, 0.3) is 10.9 Å². The van der Waals surface area contributed by atoms with Crippen molar-refractivity contribution < 1.29 is 0 Å². The second-order valence-electron chi connectivity index (χ2n) is 5.14. The number of para-hydroxylation sites is 1. The maximum Gasteiger partial charge on any atom is 0.229 e. The molecule has 0 bridgehead atoms. The van der Waals surface area contributed by atoms with Gasteiger partial charge in [-0.05, 0) is 36.4 Å². The van der Waals surface area contributed by atoms with E-state index in [0.29, 0.717) is 11.8 Å². The average Bonchev–Trinajstić information content (AvgIpc) is 3.10. The molecule has 4 aromatic rings. The Morgan fingerprint density at radius 3 is 2.50 bits per heavy atom. The average molecular weight is 381 g/mol. The highest BCUT2D eigenvalue weighted by atomic mass is 79.9. The van der Waals surface area contributed by atoms with Crippen molar-refractivity contribution in [3.8, 4) is 0 Å². The standard InChI is InChI=1S/C17H13BrN6/c18-11-5-7-12(8-6-11)20-17-21-14-4-2-1-3-13(14)16(23-17)22-15-9-10-19-24-15/h1-10H,(H3,19,20,21,22,23,24). The van der Waals surface area contributed by atoms with Gasteiger partial charge in [0.15, 0.2) is 0 Å². The number of hydrogen-bond donors (Lipinski definition) is 3. The van der Waals surface area contributed by atoms with Gasteiger partial charge in [-0.25, -0.2) is 4.98 Å². The molecule has 3 N–H and O–H groups in total. The molecule has 0 fully saturated rings. The van der Waals surface area contributed by atoms with Crippen molar-refractivity contribution in [1.82, 2.24) is 20.2 Å². The number of hydrogen-bond acceptors (Lipinski definition) is 5. The van der Waals surface area contributed by atoms with Gasteiger partial charge in [0.25, 0.3) is 0 Å². The zero-order chi connectivity index (χ0) is 16.4. The molecule has 118 valence electrons. The summed E-state index contributed by atoms with van der Waals surface area (Å²) in [4.78, 5) is 9.18. The van der Waals surface area contributed by atoms with Gasteiger partial charge in [0.2, 0.25) is 5.95 Å². The first kappa shape index (κ1) is 14.6. The molecule has 0 atom stereocenters. The quantitative estimate of drug-likeness (QED) is 0.482. The van der Waals surface area contributed by atoms with Gasteiger partial charge in [-0.3, -0.25) is 5.10 Å². The fraction of sp³-hybridized carbons (Fsp3) is 0. The van der Waals surface area contributed by atoms with E-state index in [9.17, 15) is 0 Å². The summed E-state index contributed by atoms with van der Waals surface area (Å²) in [5.74, 6) is 2.01. The van der Waals surface area contributed by atoms with Crippen LogP contribution < -0.4 is 10.6 Å². The lowest BCUT2D eigenvalue weighted by Gasteiger charge is -2.11. The molecule has 0 aliphatic carbocycles. The van der Waals surface area contributed by atoms with Crippen LogP contribution in [0.4, 0.5) is 23.3 Å². The van der Waals surface area contributed by atoms with Crippen LogP contribution in [0.3, 0.4) is 0 Å². The van der Waals surface area contributed by atoms with E-state index in [4.69, 9.17) is 0 Å². The first-order chi connectivity index (χ1) is 11.8. The molecule has 6 nitrogen and oxygen atoms in total. The van der Waals surface area contributed by atoms with Crippen molar-refractivity contribution in [2.75, 3.05) is 10.6 Å². The van der Waals surface area contributed by atoms with E-state index in [1.165, 1.54) is 0 Å². The maximum absolute atomic E-state index is 4.60. The molecule has 7 heteroatoms. The van der Waals surface area contributed by atoms with E-state index < -0.39 is 0 Å². The monoisotopic (exact) mass is 380 g/mol. The number of aromatic nitrogens is 4. The van der Waals surface area contributed by atoms with Crippen LogP contribution in [-0.4, -0.2) is 20.2 Å². The first-order valence-electron chi connectivity index (χ1n) is 7.34. The zero-order valence-corrected chi connectivity index (χ0v) is 14.1. The Labute approximate surface area is 146 Å². The Balaban J connectivity index is 1.74. The number of nitrogens with zero attached hydrogens (tertiary/aromatic N) is 3. The Hall–Kier alpha value is -2.93. The topological polar surface area (TPSA) is 78.5 Å². The second-order valence-corrected chi connectivity index (χ2v) is 6.06. The first-order valence-corrected chi connectivity index (χ1v) is 8.13. The molecule has 0 saturated carbocycles. The van der Waals surface area contributed by atoms with Crippen LogP contribution in [0.1, 0.15) is 0 Å². The minimum atomic E-state index is 0.526. The normalized spacial score (nSPS) is 10.7. The predicted octanol–water partition coefficient (Wildman–Crippen LogP) is 4.60. The molecule has 2 heterocycles. The Morgan fingerprint density at radius 1 is 0.875 bits per heavy atom. The van der Waals surface area contributed by atoms with Crippen molar-refractivity contribution in [2.24, 2.45) is 0 Å². The fourth-order valence-electron chi connectivity index (χ4n) is 2.34. The van der Waals surface area contributed by atoms with Crippen LogP contribution >= 0.6 is 15.9 Å². The number of rotatable bonds is 4.